The Balaban J connectivity index is 1.61. The van der Waals surface area contributed by atoms with Gasteiger partial charge in [0.05, 0.1) is 6.61 Å². The molecule has 2 heterocycles. The van der Waals surface area contributed by atoms with Crippen LogP contribution in [0.25, 0.3) is 0 Å². The van der Waals surface area contributed by atoms with Crippen LogP contribution in [0.5, 0.6) is 0 Å². The molecule has 1 N–H and O–H groups in total. The average Bonchev–Trinajstić information content (AvgIpc) is 2.40. The molecular weight excluding hydrogens is 212 g/mol. The predicted octanol–water partition coefficient (Wildman–Crippen LogP) is 1.98. The van der Waals surface area contributed by atoms with E-state index < -0.39 is 0 Å². The number of nitrogens with zero attached hydrogens (tertiary/aromatic N) is 1. The highest BCUT2D eigenvalue weighted by atomic mass is 16.5. The minimum atomic E-state index is 0.0319. The fourth-order valence-corrected chi connectivity index (χ4v) is 3.76. The lowest BCUT2D eigenvalue weighted by Crippen LogP contribution is -2.64. The second-order valence-corrected chi connectivity index (χ2v) is 6.03. The van der Waals surface area contributed by atoms with Gasteiger partial charge in [-0.05, 0) is 25.3 Å². The lowest BCUT2D eigenvalue weighted by molar-refractivity contribution is -0.164. The van der Waals surface area contributed by atoms with Gasteiger partial charge in [0.15, 0.2) is 0 Å². The third-order valence-electron chi connectivity index (χ3n) is 5.04. The molecule has 0 aromatic carbocycles. The average molecular weight is 238 g/mol. The largest absolute Gasteiger partial charge is 0.360 e. The van der Waals surface area contributed by atoms with Crippen molar-refractivity contribution in [1.29, 1.82) is 0 Å². The molecule has 3 aliphatic rings. The first-order valence-corrected chi connectivity index (χ1v) is 7.45. The third-order valence-corrected chi connectivity index (χ3v) is 5.04. The number of hydrogen-bond donors (Lipinski definition) is 1. The first-order chi connectivity index (χ1) is 8.31. The van der Waals surface area contributed by atoms with Crippen molar-refractivity contribution >= 4 is 0 Å². The molecule has 3 rings (SSSR count). The van der Waals surface area contributed by atoms with Crippen LogP contribution in [0, 0.1) is 5.92 Å². The van der Waals surface area contributed by atoms with Crippen molar-refractivity contribution in [2.45, 2.75) is 57.2 Å². The van der Waals surface area contributed by atoms with Crippen molar-refractivity contribution in [3.05, 3.63) is 0 Å². The topological polar surface area (TPSA) is 24.5 Å². The van der Waals surface area contributed by atoms with Crippen molar-refractivity contribution in [3.8, 4) is 0 Å². The van der Waals surface area contributed by atoms with E-state index in [-0.39, 0.29) is 5.72 Å². The molecule has 0 aromatic heterocycles. The van der Waals surface area contributed by atoms with Gasteiger partial charge in [0.2, 0.25) is 0 Å². The van der Waals surface area contributed by atoms with Crippen molar-refractivity contribution in [3.63, 3.8) is 0 Å². The van der Waals surface area contributed by atoms with Crippen molar-refractivity contribution in [2.75, 3.05) is 26.2 Å². The van der Waals surface area contributed by atoms with Gasteiger partial charge >= 0.3 is 0 Å². The molecule has 17 heavy (non-hydrogen) atoms. The van der Waals surface area contributed by atoms with Gasteiger partial charge < -0.3 is 9.64 Å². The number of hydrogen-bond acceptors (Lipinski definition) is 3. The zero-order valence-corrected chi connectivity index (χ0v) is 11.1. The second-order valence-electron chi connectivity index (χ2n) is 6.03. The standard InChI is InChI=1S/C14H26N2O/c1-2-16-9-7-14(8-10-16)15-13-6-4-3-5-12(13)11-17-14/h12-13,15H,2-11H2,1H3. The summed E-state index contributed by atoms with van der Waals surface area (Å²) in [6, 6.07) is 0.741. The summed E-state index contributed by atoms with van der Waals surface area (Å²) in [6.45, 7) is 6.83. The molecule has 2 unspecified atom stereocenters. The quantitative estimate of drug-likeness (QED) is 0.756. The molecule has 3 fully saturated rings. The predicted molar refractivity (Wildman–Crippen MR) is 68.9 cm³/mol. The SMILES string of the molecule is CCN1CCC2(CC1)NC1CCCCC1CO2. The third kappa shape index (κ3) is 2.38. The molecule has 0 bridgehead atoms. The van der Waals surface area contributed by atoms with E-state index in [0.29, 0.717) is 0 Å². The van der Waals surface area contributed by atoms with E-state index in [4.69, 9.17) is 4.74 Å². The van der Waals surface area contributed by atoms with Crippen LogP contribution in [0.15, 0.2) is 0 Å². The summed E-state index contributed by atoms with van der Waals surface area (Å²) in [5.41, 5.74) is 0.0319. The maximum Gasteiger partial charge on any atom is 0.121 e. The van der Waals surface area contributed by atoms with E-state index in [0.717, 1.165) is 18.6 Å². The summed E-state index contributed by atoms with van der Waals surface area (Å²) in [7, 11) is 0. The van der Waals surface area contributed by atoms with Crippen molar-refractivity contribution < 1.29 is 4.74 Å². The van der Waals surface area contributed by atoms with E-state index in [1.807, 2.05) is 0 Å². The van der Waals surface area contributed by atoms with Crippen molar-refractivity contribution in [2.24, 2.45) is 5.92 Å². The fraction of sp³-hybridized carbons (Fsp3) is 1.00. The molecule has 3 nitrogen and oxygen atoms in total. The summed E-state index contributed by atoms with van der Waals surface area (Å²) >= 11 is 0. The number of rotatable bonds is 1. The Bertz CT molecular complexity index is 255. The Morgan fingerprint density at radius 3 is 2.76 bits per heavy atom. The highest BCUT2D eigenvalue weighted by Gasteiger charge is 2.43. The number of fused-ring (bicyclic) bond motifs is 1. The Morgan fingerprint density at radius 1 is 1.24 bits per heavy atom. The van der Waals surface area contributed by atoms with Crippen LogP contribution in [-0.2, 0) is 4.74 Å². The molecule has 1 saturated carbocycles. The molecule has 0 aromatic rings. The Labute approximate surface area is 105 Å². The minimum absolute atomic E-state index is 0.0319. The maximum absolute atomic E-state index is 6.23. The normalized spacial score (nSPS) is 37.9. The molecule has 1 spiro atoms. The lowest BCUT2D eigenvalue weighted by atomic mass is 9.81. The summed E-state index contributed by atoms with van der Waals surface area (Å²) in [5, 5.41) is 3.87. The van der Waals surface area contributed by atoms with E-state index >= 15 is 0 Å². The molecule has 3 heteroatoms. The minimum Gasteiger partial charge on any atom is -0.360 e. The highest BCUT2D eigenvalue weighted by molar-refractivity contribution is 4.95. The van der Waals surface area contributed by atoms with Gasteiger partial charge in [0, 0.05) is 32.0 Å². The number of ether oxygens (including phenoxy) is 1. The van der Waals surface area contributed by atoms with Crippen LogP contribution in [0.1, 0.15) is 45.4 Å². The smallest absolute Gasteiger partial charge is 0.121 e. The Morgan fingerprint density at radius 2 is 2.00 bits per heavy atom. The Hall–Kier alpha value is -0.120. The van der Waals surface area contributed by atoms with Gasteiger partial charge in [-0.2, -0.15) is 0 Å². The van der Waals surface area contributed by atoms with Gasteiger partial charge in [-0.25, -0.2) is 0 Å². The van der Waals surface area contributed by atoms with Crippen LogP contribution in [0.3, 0.4) is 0 Å². The first-order valence-electron chi connectivity index (χ1n) is 7.45. The van der Waals surface area contributed by atoms with Crippen LogP contribution >= 0.6 is 0 Å². The monoisotopic (exact) mass is 238 g/mol. The van der Waals surface area contributed by atoms with Gasteiger partial charge in [0.25, 0.3) is 0 Å². The molecule has 2 saturated heterocycles. The number of nitrogens with one attached hydrogen (secondary N) is 1. The zero-order valence-electron chi connectivity index (χ0n) is 11.1. The molecule has 2 atom stereocenters. The van der Waals surface area contributed by atoms with E-state index in [1.165, 1.54) is 58.2 Å². The Kier molecular flexibility index (Phi) is 3.42. The van der Waals surface area contributed by atoms with Crippen LogP contribution in [-0.4, -0.2) is 42.9 Å². The molecule has 0 amide bonds. The number of piperidine rings is 1. The molecule has 0 radical (unpaired) electrons. The van der Waals surface area contributed by atoms with Crippen molar-refractivity contribution in [1.82, 2.24) is 10.2 Å². The van der Waals surface area contributed by atoms with E-state index in [9.17, 15) is 0 Å². The fourth-order valence-electron chi connectivity index (χ4n) is 3.76. The van der Waals surface area contributed by atoms with Gasteiger partial charge in [-0.1, -0.05) is 19.8 Å². The summed E-state index contributed by atoms with van der Waals surface area (Å²) in [6.07, 6.45) is 7.89. The van der Waals surface area contributed by atoms with Crippen LogP contribution in [0.4, 0.5) is 0 Å². The summed E-state index contributed by atoms with van der Waals surface area (Å²) < 4.78 is 6.23. The first kappa shape index (κ1) is 11.9. The molecule has 2 aliphatic heterocycles. The molecule has 1 aliphatic carbocycles. The molecular formula is C14H26N2O. The zero-order chi connectivity index (χ0) is 11.7. The highest BCUT2D eigenvalue weighted by Crippen LogP contribution is 2.35. The lowest BCUT2D eigenvalue weighted by Gasteiger charge is -2.50. The van der Waals surface area contributed by atoms with Gasteiger partial charge in [0.1, 0.15) is 5.72 Å². The van der Waals surface area contributed by atoms with E-state index in [1.54, 1.807) is 0 Å². The second kappa shape index (κ2) is 4.87. The van der Waals surface area contributed by atoms with Crippen LogP contribution in [0.2, 0.25) is 0 Å². The maximum atomic E-state index is 6.23. The number of likely N-dealkylation sites (tertiary alicyclic amines) is 1. The summed E-state index contributed by atoms with van der Waals surface area (Å²) in [5.74, 6) is 0.790. The molecule has 98 valence electrons. The van der Waals surface area contributed by atoms with Gasteiger partial charge in [-0.3, -0.25) is 5.32 Å². The van der Waals surface area contributed by atoms with Crippen LogP contribution < -0.4 is 5.32 Å². The van der Waals surface area contributed by atoms with E-state index in [2.05, 4.69) is 17.1 Å². The van der Waals surface area contributed by atoms with Gasteiger partial charge in [-0.15, -0.1) is 0 Å². The summed E-state index contributed by atoms with van der Waals surface area (Å²) in [4.78, 5) is 2.53.